The van der Waals surface area contributed by atoms with Crippen molar-refractivity contribution in [3.63, 3.8) is 0 Å². The first-order chi connectivity index (χ1) is 6.72. The van der Waals surface area contributed by atoms with E-state index in [0.717, 1.165) is 10.8 Å². The maximum atomic E-state index is 13.4. The molecule has 0 bridgehead atoms. The topological polar surface area (TPSA) is 20.2 Å². The lowest BCUT2D eigenvalue weighted by atomic mass is 10.0. The number of aromatic hydroxyl groups is 1. The van der Waals surface area contributed by atoms with E-state index < -0.39 is 0 Å². The van der Waals surface area contributed by atoms with Gasteiger partial charge in [-0.3, -0.25) is 0 Å². The molecule has 1 nitrogen and oxygen atoms in total. The number of benzene rings is 2. The maximum absolute atomic E-state index is 13.4. The van der Waals surface area contributed by atoms with Crippen molar-refractivity contribution in [1.82, 2.24) is 0 Å². The van der Waals surface area contributed by atoms with Gasteiger partial charge in [0.25, 0.3) is 0 Å². The highest BCUT2D eigenvalue weighted by Gasteiger charge is 2.05. The molecule has 0 unspecified atom stereocenters. The average Bonchev–Trinajstić information content (AvgIpc) is 2.18. The Morgan fingerprint density at radius 1 is 1.12 bits per heavy atom. The van der Waals surface area contributed by atoms with Crippen molar-refractivity contribution in [3.05, 3.63) is 41.7 Å². The first-order valence-electron chi connectivity index (χ1n) is 4.62. The molecule has 0 aliphatic heterocycles. The van der Waals surface area contributed by atoms with Crippen molar-refractivity contribution in [2.45, 2.75) is 13.3 Å². The Morgan fingerprint density at radius 2 is 1.81 bits per heavy atom. The Labute approximate surface area is 106 Å². The van der Waals surface area contributed by atoms with Gasteiger partial charge in [0, 0.05) is 0 Å². The van der Waals surface area contributed by atoms with Crippen LogP contribution in [0.3, 0.4) is 0 Å². The molecule has 88 valence electrons. The van der Waals surface area contributed by atoms with E-state index in [0.29, 0.717) is 12.0 Å². The number of fused-ring (bicyclic) bond motifs is 1. The first kappa shape index (κ1) is 15.0. The van der Waals surface area contributed by atoms with Gasteiger partial charge in [-0.05, 0) is 41.0 Å². The van der Waals surface area contributed by atoms with Crippen LogP contribution in [0.2, 0.25) is 0 Å². The Morgan fingerprint density at radius 3 is 2.44 bits per heavy atom. The van der Waals surface area contributed by atoms with Crippen LogP contribution in [0.1, 0.15) is 12.5 Å². The van der Waals surface area contributed by atoms with E-state index in [1.54, 1.807) is 24.3 Å². The zero-order valence-corrected chi connectivity index (χ0v) is 10.4. The number of phenolic OH excluding ortho intramolecular Hbond substituents is 1. The number of phenols is 1. The van der Waals surface area contributed by atoms with E-state index in [1.807, 2.05) is 6.92 Å². The van der Waals surface area contributed by atoms with E-state index >= 15 is 0 Å². The molecule has 16 heavy (non-hydrogen) atoms. The summed E-state index contributed by atoms with van der Waals surface area (Å²) in [5.41, 5.74) is 0.711. The first-order valence-corrected chi connectivity index (χ1v) is 4.62. The van der Waals surface area contributed by atoms with Crippen molar-refractivity contribution in [2.75, 3.05) is 0 Å². The van der Waals surface area contributed by atoms with Gasteiger partial charge in [-0.25, -0.2) is 4.39 Å². The summed E-state index contributed by atoms with van der Waals surface area (Å²) in [5, 5.41) is 11.0. The van der Waals surface area contributed by atoms with Crippen molar-refractivity contribution in [3.8, 4) is 5.75 Å². The zero-order chi connectivity index (χ0) is 10.1. The number of rotatable bonds is 1. The Kier molecular flexibility index (Phi) is 5.56. The van der Waals surface area contributed by atoms with E-state index in [9.17, 15) is 9.50 Å². The van der Waals surface area contributed by atoms with Crippen molar-refractivity contribution in [1.29, 1.82) is 0 Å². The lowest BCUT2D eigenvalue weighted by Gasteiger charge is -2.05. The summed E-state index contributed by atoms with van der Waals surface area (Å²) >= 11 is 0. The molecule has 0 spiro atoms. The van der Waals surface area contributed by atoms with Gasteiger partial charge < -0.3 is 5.11 Å². The molecule has 0 aliphatic carbocycles. The molecular weight excluding hydrogens is 250 g/mol. The summed E-state index contributed by atoms with van der Waals surface area (Å²) < 4.78 is 13.4. The van der Waals surface area contributed by atoms with Gasteiger partial charge in [0.1, 0.15) is 11.6 Å². The molecule has 0 heterocycles. The SMILES string of the molecule is CCc1c(F)ccc2cc(O)ccc12.Cl.Cl. The molecule has 2 aromatic rings. The maximum Gasteiger partial charge on any atom is 0.127 e. The molecule has 0 aliphatic rings. The highest BCUT2D eigenvalue weighted by Crippen LogP contribution is 2.25. The van der Waals surface area contributed by atoms with Crippen LogP contribution in [0.15, 0.2) is 30.3 Å². The van der Waals surface area contributed by atoms with Crippen LogP contribution in [-0.4, -0.2) is 5.11 Å². The monoisotopic (exact) mass is 262 g/mol. The van der Waals surface area contributed by atoms with Gasteiger partial charge in [0.05, 0.1) is 0 Å². The summed E-state index contributed by atoms with van der Waals surface area (Å²) in [6.07, 6.45) is 0.661. The van der Waals surface area contributed by atoms with Gasteiger partial charge in [-0.15, -0.1) is 24.8 Å². The lowest BCUT2D eigenvalue weighted by molar-refractivity contribution is 0.476. The molecule has 2 rings (SSSR count). The van der Waals surface area contributed by atoms with E-state index in [-0.39, 0.29) is 36.4 Å². The number of aryl methyl sites for hydroxylation is 1. The van der Waals surface area contributed by atoms with E-state index in [1.165, 1.54) is 6.07 Å². The fourth-order valence-electron chi connectivity index (χ4n) is 1.71. The van der Waals surface area contributed by atoms with Crippen LogP contribution in [-0.2, 0) is 6.42 Å². The molecule has 0 atom stereocenters. The van der Waals surface area contributed by atoms with Crippen molar-refractivity contribution in [2.24, 2.45) is 0 Å². The fraction of sp³-hybridized carbons (Fsp3) is 0.167. The molecular formula is C12H13Cl2FO. The highest BCUT2D eigenvalue weighted by molar-refractivity contribution is 5.87. The third-order valence-electron chi connectivity index (χ3n) is 2.41. The standard InChI is InChI=1S/C12H11FO.2ClH/c1-2-10-11-5-4-9(14)7-8(11)3-6-12(10)13;;/h3-7,14H,2H2,1H3;2*1H. The largest absolute Gasteiger partial charge is 0.508 e. The smallest absolute Gasteiger partial charge is 0.127 e. The lowest BCUT2D eigenvalue weighted by Crippen LogP contribution is -1.89. The number of hydrogen-bond donors (Lipinski definition) is 1. The second kappa shape index (κ2) is 5.92. The third kappa shape index (κ3) is 2.57. The molecule has 2 aromatic carbocycles. The van der Waals surface area contributed by atoms with Crippen LogP contribution in [0.25, 0.3) is 10.8 Å². The Balaban J connectivity index is 0.00000112. The van der Waals surface area contributed by atoms with Crippen LogP contribution >= 0.6 is 24.8 Å². The van der Waals surface area contributed by atoms with Crippen molar-refractivity contribution >= 4 is 35.6 Å². The summed E-state index contributed by atoms with van der Waals surface area (Å²) in [6.45, 7) is 1.92. The summed E-state index contributed by atoms with van der Waals surface area (Å²) in [5.74, 6) is 0.0388. The second-order valence-corrected chi connectivity index (χ2v) is 3.28. The van der Waals surface area contributed by atoms with Gasteiger partial charge in [-0.2, -0.15) is 0 Å². The Bertz CT molecular complexity index is 486. The minimum Gasteiger partial charge on any atom is -0.508 e. The van der Waals surface area contributed by atoms with Crippen LogP contribution in [0, 0.1) is 5.82 Å². The molecule has 0 fully saturated rings. The Hall–Kier alpha value is -0.990. The molecule has 0 saturated carbocycles. The molecule has 0 aromatic heterocycles. The third-order valence-corrected chi connectivity index (χ3v) is 2.41. The van der Waals surface area contributed by atoms with Crippen LogP contribution in [0.5, 0.6) is 5.75 Å². The number of hydrogen-bond acceptors (Lipinski definition) is 1. The quantitative estimate of drug-likeness (QED) is 0.821. The molecule has 0 amide bonds. The highest BCUT2D eigenvalue weighted by atomic mass is 35.5. The molecule has 0 saturated heterocycles. The predicted molar refractivity (Wildman–Crippen MR) is 69.4 cm³/mol. The van der Waals surface area contributed by atoms with E-state index in [2.05, 4.69) is 0 Å². The second-order valence-electron chi connectivity index (χ2n) is 3.28. The summed E-state index contributed by atoms with van der Waals surface area (Å²) in [6, 6.07) is 8.12. The summed E-state index contributed by atoms with van der Waals surface area (Å²) in [4.78, 5) is 0. The van der Waals surface area contributed by atoms with Crippen molar-refractivity contribution < 1.29 is 9.50 Å². The minimum atomic E-state index is -0.175. The number of halogens is 3. The van der Waals surface area contributed by atoms with Gasteiger partial charge in [0.2, 0.25) is 0 Å². The minimum absolute atomic E-state index is 0. The molecule has 1 N–H and O–H groups in total. The molecule has 4 heteroatoms. The summed E-state index contributed by atoms with van der Waals surface area (Å²) in [7, 11) is 0. The fourth-order valence-corrected chi connectivity index (χ4v) is 1.71. The van der Waals surface area contributed by atoms with Gasteiger partial charge >= 0.3 is 0 Å². The molecule has 0 radical (unpaired) electrons. The predicted octanol–water partition coefficient (Wildman–Crippen LogP) is 4.09. The van der Waals surface area contributed by atoms with Crippen LogP contribution < -0.4 is 0 Å². The van der Waals surface area contributed by atoms with Gasteiger partial charge in [-0.1, -0.05) is 19.1 Å². The van der Waals surface area contributed by atoms with E-state index in [4.69, 9.17) is 0 Å². The average molecular weight is 263 g/mol. The normalized spacial score (nSPS) is 9.38. The van der Waals surface area contributed by atoms with Gasteiger partial charge in [0.15, 0.2) is 0 Å². The van der Waals surface area contributed by atoms with Crippen LogP contribution in [0.4, 0.5) is 4.39 Å². The zero-order valence-electron chi connectivity index (χ0n) is 8.74.